The van der Waals surface area contributed by atoms with Crippen molar-refractivity contribution in [2.75, 3.05) is 12.9 Å². The standard InChI is InChI=1S/C29H29N3O4S/c1-17(2)30-27(34)21-8-11-24-25(15-21)31-29(32(28(24)35)22-13-18(3)12-19(4)14-22)37-16-26(33)20-6-9-23(36-5)10-7-20/h6-15,17H,16H2,1-5H3,(H,30,34). The number of ketones is 1. The lowest BCUT2D eigenvalue weighted by Crippen LogP contribution is -2.30. The van der Waals surface area contributed by atoms with Crippen molar-refractivity contribution in [1.29, 1.82) is 0 Å². The van der Waals surface area contributed by atoms with Crippen molar-refractivity contribution >= 4 is 34.4 Å². The highest BCUT2D eigenvalue weighted by atomic mass is 32.2. The van der Waals surface area contributed by atoms with Crippen LogP contribution in [0.2, 0.25) is 0 Å². The first-order valence-corrected chi connectivity index (χ1v) is 12.9. The molecule has 7 nitrogen and oxygen atoms in total. The number of hydrogen-bond donors (Lipinski definition) is 1. The highest BCUT2D eigenvalue weighted by Crippen LogP contribution is 2.24. The number of carbonyl (C=O) groups is 2. The summed E-state index contributed by atoms with van der Waals surface area (Å²) in [5.74, 6) is 0.421. The van der Waals surface area contributed by atoms with Crippen molar-refractivity contribution in [3.63, 3.8) is 0 Å². The summed E-state index contributed by atoms with van der Waals surface area (Å²) >= 11 is 1.19. The van der Waals surface area contributed by atoms with Crippen LogP contribution in [0.1, 0.15) is 45.7 Å². The fourth-order valence-corrected chi connectivity index (χ4v) is 4.95. The number of hydrogen-bond acceptors (Lipinski definition) is 6. The lowest BCUT2D eigenvalue weighted by atomic mass is 10.1. The van der Waals surface area contributed by atoms with Crippen LogP contribution in [0, 0.1) is 13.8 Å². The second-order valence-electron chi connectivity index (χ2n) is 9.18. The lowest BCUT2D eigenvalue weighted by molar-refractivity contribution is 0.0942. The Kier molecular flexibility index (Phi) is 7.78. The Morgan fingerprint density at radius 1 is 0.973 bits per heavy atom. The van der Waals surface area contributed by atoms with Crippen molar-refractivity contribution in [1.82, 2.24) is 14.9 Å². The van der Waals surface area contributed by atoms with Crippen LogP contribution < -0.4 is 15.6 Å². The summed E-state index contributed by atoms with van der Waals surface area (Å²) in [7, 11) is 1.57. The molecule has 3 aromatic carbocycles. The molecule has 0 aliphatic rings. The predicted molar refractivity (Wildman–Crippen MR) is 147 cm³/mol. The van der Waals surface area contributed by atoms with Gasteiger partial charge in [-0.25, -0.2) is 4.98 Å². The van der Waals surface area contributed by atoms with Gasteiger partial charge in [0.15, 0.2) is 10.9 Å². The number of nitrogens with zero attached hydrogens (tertiary/aromatic N) is 2. The largest absolute Gasteiger partial charge is 0.497 e. The van der Waals surface area contributed by atoms with E-state index in [1.807, 2.05) is 45.9 Å². The summed E-state index contributed by atoms with van der Waals surface area (Å²) < 4.78 is 6.71. The highest BCUT2D eigenvalue weighted by molar-refractivity contribution is 7.99. The zero-order chi connectivity index (χ0) is 26.7. The number of thioether (sulfide) groups is 1. The number of carbonyl (C=O) groups excluding carboxylic acids is 2. The summed E-state index contributed by atoms with van der Waals surface area (Å²) in [5.41, 5.74) is 3.80. The molecule has 0 aliphatic heterocycles. The molecule has 4 rings (SSSR count). The summed E-state index contributed by atoms with van der Waals surface area (Å²) in [5, 5.41) is 3.64. The minimum atomic E-state index is -0.259. The van der Waals surface area contributed by atoms with Gasteiger partial charge in [0, 0.05) is 17.2 Å². The van der Waals surface area contributed by atoms with E-state index >= 15 is 0 Å². The Balaban J connectivity index is 1.79. The van der Waals surface area contributed by atoms with Gasteiger partial charge in [-0.15, -0.1) is 0 Å². The van der Waals surface area contributed by atoms with Gasteiger partial charge in [-0.05, 0) is 93.4 Å². The van der Waals surface area contributed by atoms with Gasteiger partial charge in [0.2, 0.25) is 0 Å². The third-order valence-corrected chi connectivity index (χ3v) is 6.67. The van der Waals surface area contributed by atoms with Gasteiger partial charge in [0.25, 0.3) is 11.5 Å². The molecule has 0 aliphatic carbocycles. The molecule has 0 spiro atoms. The molecule has 0 unspecified atom stereocenters. The average Bonchev–Trinajstić information content (AvgIpc) is 2.86. The molecular formula is C29H29N3O4S. The quantitative estimate of drug-likeness (QED) is 0.199. The predicted octanol–water partition coefficient (Wildman–Crippen LogP) is 5.12. The fourth-order valence-electron chi connectivity index (χ4n) is 4.05. The van der Waals surface area contributed by atoms with Crippen molar-refractivity contribution in [2.24, 2.45) is 0 Å². The van der Waals surface area contributed by atoms with Crippen molar-refractivity contribution < 1.29 is 14.3 Å². The van der Waals surface area contributed by atoms with E-state index in [1.54, 1.807) is 54.1 Å². The molecule has 8 heteroatoms. The van der Waals surface area contributed by atoms with Crippen LogP contribution in [0.5, 0.6) is 5.75 Å². The molecule has 0 saturated carbocycles. The number of aryl methyl sites for hydroxylation is 2. The number of fused-ring (bicyclic) bond motifs is 1. The molecule has 190 valence electrons. The topological polar surface area (TPSA) is 90.3 Å². The van der Waals surface area contributed by atoms with Crippen molar-refractivity contribution in [3.05, 3.63) is 93.3 Å². The molecule has 0 radical (unpaired) electrons. The van der Waals surface area contributed by atoms with Crippen molar-refractivity contribution in [2.45, 2.75) is 38.9 Å². The van der Waals surface area contributed by atoms with Crippen LogP contribution in [0.15, 0.2) is 70.6 Å². The van der Waals surface area contributed by atoms with E-state index in [0.717, 1.165) is 11.1 Å². The minimum Gasteiger partial charge on any atom is -0.497 e. The molecule has 0 fully saturated rings. The summed E-state index contributed by atoms with van der Waals surface area (Å²) in [6.45, 7) is 7.70. The number of aromatic nitrogens is 2. The first-order chi connectivity index (χ1) is 17.7. The molecule has 4 aromatic rings. The van der Waals surface area contributed by atoms with E-state index in [1.165, 1.54) is 11.8 Å². The van der Waals surface area contributed by atoms with Gasteiger partial charge in [0.1, 0.15) is 5.75 Å². The molecule has 1 amide bonds. The van der Waals surface area contributed by atoms with Gasteiger partial charge < -0.3 is 10.1 Å². The smallest absolute Gasteiger partial charge is 0.266 e. The average molecular weight is 516 g/mol. The molecule has 1 N–H and O–H groups in total. The highest BCUT2D eigenvalue weighted by Gasteiger charge is 2.18. The monoisotopic (exact) mass is 515 g/mol. The Bertz CT molecular complexity index is 1520. The zero-order valence-electron chi connectivity index (χ0n) is 21.5. The number of methoxy groups -OCH3 is 1. The van der Waals surface area contributed by atoms with Gasteiger partial charge in [0.05, 0.1) is 29.5 Å². The first kappa shape index (κ1) is 26.2. The second-order valence-corrected chi connectivity index (χ2v) is 10.1. The number of ether oxygens (including phenoxy) is 1. The number of nitrogens with one attached hydrogen (secondary N) is 1. The summed E-state index contributed by atoms with van der Waals surface area (Å²) in [4.78, 5) is 44.0. The number of amides is 1. The van der Waals surface area contributed by atoms with Gasteiger partial charge in [-0.1, -0.05) is 17.8 Å². The van der Waals surface area contributed by atoms with Crippen LogP contribution in [0.4, 0.5) is 0 Å². The Hall–Kier alpha value is -3.91. The van der Waals surface area contributed by atoms with E-state index in [0.29, 0.717) is 38.6 Å². The first-order valence-electron chi connectivity index (χ1n) is 11.9. The van der Waals surface area contributed by atoms with E-state index in [4.69, 9.17) is 9.72 Å². The molecule has 0 bridgehead atoms. The maximum atomic E-state index is 13.7. The van der Waals surface area contributed by atoms with Gasteiger partial charge in [-0.3, -0.25) is 19.0 Å². The van der Waals surface area contributed by atoms with Crippen LogP contribution in [0.25, 0.3) is 16.6 Å². The lowest BCUT2D eigenvalue weighted by Gasteiger charge is -2.15. The van der Waals surface area contributed by atoms with E-state index in [9.17, 15) is 14.4 Å². The summed E-state index contributed by atoms with van der Waals surface area (Å²) in [6, 6.07) is 17.6. The maximum absolute atomic E-state index is 13.7. The normalized spacial score (nSPS) is 11.1. The third kappa shape index (κ3) is 5.91. The Morgan fingerprint density at radius 3 is 2.24 bits per heavy atom. The minimum absolute atomic E-state index is 0.0243. The fraction of sp³-hybridized carbons (Fsp3) is 0.241. The Morgan fingerprint density at radius 2 is 1.62 bits per heavy atom. The SMILES string of the molecule is COc1ccc(C(=O)CSc2nc3cc(C(=O)NC(C)C)ccc3c(=O)n2-c2cc(C)cc(C)c2)cc1. The van der Waals surface area contributed by atoms with Crippen LogP contribution in [-0.2, 0) is 0 Å². The second kappa shape index (κ2) is 11.0. The van der Waals surface area contributed by atoms with E-state index < -0.39 is 0 Å². The van der Waals surface area contributed by atoms with Crippen LogP contribution in [0.3, 0.4) is 0 Å². The maximum Gasteiger partial charge on any atom is 0.266 e. The van der Waals surface area contributed by atoms with Crippen LogP contribution in [-0.4, -0.2) is 40.1 Å². The molecular weight excluding hydrogens is 486 g/mol. The number of Topliss-reactive ketones (excluding diaryl/α,β-unsaturated/α-hetero) is 1. The van der Waals surface area contributed by atoms with Gasteiger partial charge in [-0.2, -0.15) is 0 Å². The summed E-state index contributed by atoms with van der Waals surface area (Å²) in [6.07, 6.45) is 0. The zero-order valence-corrected chi connectivity index (χ0v) is 22.3. The Labute approximate surface area is 219 Å². The third-order valence-electron chi connectivity index (χ3n) is 5.73. The molecule has 1 heterocycles. The molecule has 0 atom stereocenters. The van der Waals surface area contributed by atoms with Crippen molar-refractivity contribution in [3.8, 4) is 11.4 Å². The molecule has 1 aromatic heterocycles. The molecule has 0 saturated heterocycles. The number of rotatable bonds is 8. The van der Waals surface area contributed by atoms with Crippen LogP contribution >= 0.6 is 11.8 Å². The van der Waals surface area contributed by atoms with Gasteiger partial charge >= 0.3 is 0 Å². The molecule has 37 heavy (non-hydrogen) atoms. The van der Waals surface area contributed by atoms with E-state index in [2.05, 4.69) is 5.32 Å². The van der Waals surface area contributed by atoms with E-state index in [-0.39, 0.29) is 29.0 Å². The number of benzene rings is 3.